The van der Waals surface area contributed by atoms with Gasteiger partial charge >= 0.3 is 0 Å². The second-order valence-electron chi connectivity index (χ2n) is 4.65. The average molecular weight is 330 g/mol. The van der Waals surface area contributed by atoms with Crippen LogP contribution in [0.1, 0.15) is 6.42 Å². The molecule has 0 fully saturated rings. The SMILES string of the molecule is CONC(=O)CN(C)S(=O)(=O)c1ccc2c(c1)OCCCO2. The predicted octanol–water partition coefficient (Wildman–Crippen LogP) is 0.146. The van der Waals surface area contributed by atoms with Gasteiger partial charge in [0, 0.05) is 19.5 Å². The topological polar surface area (TPSA) is 94.2 Å². The first kappa shape index (κ1) is 16.5. The van der Waals surface area contributed by atoms with Gasteiger partial charge in [-0.25, -0.2) is 13.9 Å². The van der Waals surface area contributed by atoms with Crippen LogP contribution in [0.15, 0.2) is 23.1 Å². The summed E-state index contributed by atoms with van der Waals surface area (Å²) in [5.41, 5.74) is 2.07. The van der Waals surface area contributed by atoms with Gasteiger partial charge in [-0.2, -0.15) is 4.31 Å². The molecule has 0 radical (unpaired) electrons. The molecular formula is C13H18N2O6S. The summed E-state index contributed by atoms with van der Waals surface area (Å²) in [5.74, 6) is 0.326. The van der Waals surface area contributed by atoms with Crippen LogP contribution in [0.25, 0.3) is 0 Å². The van der Waals surface area contributed by atoms with E-state index in [1.165, 1.54) is 26.3 Å². The van der Waals surface area contributed by atoms with Gasteiger partial charge in [0.1, 0.15) is 0 Å². The molecule has 9 heteroatoms. The first-order valence-corrected chi connectivity index (χ1v) is 8.07. The molecule has 0 unspecified atom stereocenters. The Morgan fingerprint density at radius 3 is 2.68 bits per heavy atom. The van der Waals surface area contributed by atoms with E-state index in [4.69, 9.17) is 9.47 Å². The van der Waals surface area contributed by atoms with Crippen molar-refractivity contribution in [3.63, 3.8) is 0 Å². The van der Waals surface area contributed by atoms with Crippen molar-refractivity contribution in [1.82, 2.24) is 9.79 Å². The third-order valence-electron chi connectivity index (χ3n) is 3.01. The number of benzene rings is 1. The standard InChI is InChI=1S/C13H18N2O6S/c1-15(9-13(16)14-19-2)22(17,18)10-4-5-11-12(8-10)21-7-3-6-20-11/h4-5,8H,3,6-7,9H2,1-2H3,(H,14,16). The lowest BCUT2D eigenvalue weighted by Crippen LogP contribution is -2.37. The van der Waals surface area contributed by atoms with Gasteiger partial charge < -0.3 is 9.47 Å². The molecule has 1 amide bonds. The summed E-state index contributed by atoms with van der Waals surface area (Å²) in [6.45, 7) is 0.628. The van der Waals surface area contributed by atoms with E-state index >= 15 is 0 Å². The van der Waals surface area contributed by atoms with Crippen molar-refractivity contribution < 1.29 is 27.5 Å². The molecule has 0 bridgehead atoms. The summed E-state index contributed by atoms with van der Waals surface area (Å²) in [4.78, 5) is 15.9. The molecule has 22 heavy (non-hydrogen) atoms. The summed E-state index contributed by atoms with van der Waals surface area (Å²) >= 11 is 0. The number of rotatable bonds is 5. The molecule has 1 aromatic carbocycles. The fourth-order valence-corrected chi connectivity index (χ4v) is 3.06. The second kappa shape index (κ2) is 6.95. The quantitative estimate of drug-likeness (QED) is 0.772. The third-order valence-corrected chi connectivity index (χ3v) is 4.81. The van der Waals surface area contributed by atoms with Gasteiger partial charge in [0.15, 0.2) is 11.5 Å². The van der Waals surface area contributed by atoms with Gasteiger partial charge in [-0.15, -0.1) is 0 Å². The Bertz CT molecular complexity index is 646. The van der Waals surface area contributed by atoms with Crippen LogP contribution in [0.5, 0.6) is 11.5 Å². The van der Waals surface area contributed by atoms with E-state index < -0.39 is 15.9 Å². The normalized spacial score (nSPS) is 14.5. The number of ether oxygens (including phenoxy) is 2. The van der Waals surface area contributed by atoms with Crippen molar-refractivity contribution in [3.05, 3.63) is 18.2 Å². The maximum atomic E-state index is 12.5. The first-order chi connectivity index (χ1) is 10.4. The number of likely N-dealkylation sites (N-methyl/N-ethyl adjacent to an activating group) is 1. The zero-order valence-corrected chi connectivity index (χ0v) is 13.2. The highest BCUT2D eigenvalue weighted by Gasteiger charge is 2.25. The maximum Gasteiger partial charge on any atom is 0.258 e. The fourth-order valence-electron chi connectivity index (χ4n) is 1.92. The molecule has 1 heterocycles. The molecule has 8 nitrogen and oxygen atoms in total. The zero-order valence-electron chi connectivity index (χ0n) is 12.4. The maximum absolute atomic E-state index is 12.5. The van der Waals surface area contributed by atoms with Gasteiger partial charge in [0.25, 0.3) is 5.91 Å². The van der Waals surface area contributed by atoms with Crippen LogP contribution in [0.2, 0.25) is 0 Å². The van der Waals surface area contributed by atoms with Gasteiger partial charge in [-0.1, -0.05) is 0 Å². The van der Waals surface area contributed by atoms with Crippen LogP contribution in [-0.2, 0) is 19.7 Å². The molecule has 0 saturated carbocycles. The molecule has 0 aromatic heterocycles. The number of hydrogen-bond donors (Lipinski definition) is 1. The molecule has 0 aliphatic carbocycles. The van der Waals surface area contributed by atoms with Crippen molar-refractivity contribution >= 4 is 15.9 Å². The molecule has 1 aromatic rings. The average Bonchev–Trinajstić information content (AvgIpc) is 2.71. The van der Waals surface area contributed by atoms with Gasteiger partial charge in [0.2, 0.25) is 10.0 Å². The molecule has 0 spiro atoms. The number of carbonyl (C=O) groups excluding carboxylic acids is 1. The highest BCUT2D eigenvalue weighted by atomic mass is 32.2. The molecule has 0 saturated heterocycles. The molecule has 122 valence electrons. The van der Waals surface area contributed by atoms with Crippen LogP contribution in [-0.4, -0.2) is 52.5 Å². The Morgan fingerprint density at radius 2 is 2.00 bits per heavy atom. The van der Waals surface area contributed by atoms with E-state index in [0.717, 1.165) is 10.7 Å². The Kier molecular flexibility index (Phi) is 5.22. The number of carbonyl (C=O) groups is 1. The van der Waals surface area contributed by atoms with Crippen LogP contribution in [0.4, 0.5) is 0 Å². The largest absolute Gasteiger partial charge is 0.490 e. The van der Waals surface area contributed by atoms with E-state index in [2.05, 4.69) is 10.3 Å². The first-order valence-electron chi connectivity index (χ1n) is 6.63. The van der Waals surface area contributed by atoms with Crippen molar-refractivity contribution in [2.45, 2.75) is 11.3 Å². The Labute approximate surface area is 129 Å². The minimum atomic E-state index is -3.82. The minimum Gasteiger partial charge on any atom is -0.490 e. The molecule has 1 N–H and O–H groups in total. The number of nitrogens with one attached hydrogen (secondary N) is 1. The number of hydrogen-bond acceptors (Lipinski definition) is 6. The third kappa shape index (κ3) is 3.67. The molecule has 1 aliphatic heterocycles. The van der Waals surface area contributed by atoms with E-state index in [1.807, 2.05) is 0 Å². The zero-order chi connectivity index (χ0) is 16.2. The lowest BCUT2D eigenvalue weighted by Gasteiger charge is -2.17. The fraction of sp³-hybridized carbons (Fsp3) is 0.462. The summed E-state index contributed by atoms with van der Waals surface area (Å²) < 4.78 is 36.8. The van der Waals surface area contributed by atoms with E-state index in [0.29, 0.717) is 24.7 Å². The lowest BCUT2D eigenvalue weighted by atomic mass is 10.3. The van der Waals surface area contributed by atoms with Gasteiger partial charge in [0.05, 0.1) is 31.8 Å². The number of nitrogens with zero attached hydrogens (tertiary/aromatic N) is 1. The molecule has 1 aliphatic rings. The summed E-state index contributed by atoms with van der Waals surface area (Å²) in [6, 6.07) is 4.38. The van der Waals surface area contributed by atoms with Crippen molar-refractivity contribution in [2.24, 2.45) is 0 Å². The van der Waals surface area contributed by atoms with Crippen LogP contribution < -0.4 is 15.0 Å². The van der Waals surface area contributed by atoms with Crippen LogP contribution in [0, 0.1) is 0 Å². The Morgan fingerprint density at radius 1 is 1.32 bits per heavy atom. The predicted molar refractivity (Wildman–Crippen MR) is 77.0 cm³/mol. The summed E-state index contributed by atoms with van der Waals surface area (Å²) in [5, 5.41) is 0. The number of hydroxylamine groups is 1. The molecule has 0 atom stereocenters. The van der Waals surface area contributed by atoms with E-state index in [1.54, 1.807) is 6.07 Å². The monoisotopic (exact) mass is 330 g/mol. The minimum absolute atomic E-state index is 0.0319. The number of fused-ring (bicyclic) bond motifs is 1. The molecular weight excluding hydrogens is 312 g/mol. The van der Waals surface area contributed by atoms with Gasteiger partial charge in [-0.3, -0.25) is 9.63 Å². The highest BCUT2D eigenvalue weighted by molar-refractivity contribution is 7.89. The summed E-state index contributed by atoms with van der Waals surface area (Å²) in [7, 11) is -1.23. The smallest absolute Gasteiger partial charge is 0.258 e. The highest BCUT2D eigenvalue weighted by Crippen LogP contribution is 2.32. The van der Waals surface area contributed by atoms with Crippen molar-refractivity contribution in [2.75, 3.05) is 33.9 Å². The van der Waals surface area contributed by atoms with Crippen LogP contribution >= 0.6 is 0 Å². The Balaban J connectivity index is 2.22. The second-order valence-corrected chi connectivity index (χ2v) is 6.69. The van der Waals surface area contributed by atoms with E-state index in [-0.39, 0.29) is 11.4 Å². The van der Waals surface area contributed by atoms with Gasteiger partial charge in [-0.05, 0) is 12.1 Å². The van der Waals surface area contributed by atoms with Crippen molar-refractivity contribution in [1.29, 1.82) is 0 Å². The van der Waals surface area contributed by atoms with Crippen molar-refractivity contribution in [3.8, 4) is 11.5 Å². The Hall–Kier alpha value is -1.84. The van der Waals surface area contributed by atoms with E-state index in [9.17, 15) is 13.2 Å². The summed E-state index contributed by atoms with van der Waals surface area (Å²) in [6.07, 6.45) is 0.730. The van der Waals surface area contributed by atoms with Crippen LogP contribution in [0.3, 0.4) is 0 Å². The molecule has 2 rings (SSSR count). The number of amides is 1. The lowest BCUT2D eigenvalue weighted by molar-refractivity contribution is -0.131. The number of sulfonamides is 1.